The summed E-state index contributed by atoms with van der Waals surface area (Å²) in [6.45, 7) is -10.5. The Kier molecular flexibility index (Phi) is 0.871. The predicted molar refractivity (Wildman–Crippen MR) is 67.1 cm³/mol. The molecule has 1 heterocycles. The Labute approximate surface area is 116 Å². The molecule has 0 amide bonds. The zero-order valence-electron chi connectivity index (χ0n) is 22.1. The van der Waals surface area contributed by atoms with Crippen molar-refractivity contribution >= 4 is 10.9 Å². The van der Waals surface area contributed by atoms with Crippen LogP contribution in [0.25, 0.3) is 10.9 Å². The number of rotatable bonds is 4. The minimum absolute atomic E-state index is 0.0669. The Hall–Kier alpha value is -1.48. The summed E-state index contributed by atoms with van der Waals surface area (Å²) in [5.74, 6) is -0.342. The van der Waals surface area contributed by atoms with Crippen molar-refractivity contribution < 1.29 is 23.9 Å². The fourth-order valence-electron chi connectivity index (χ4n) is 1.32. The first-order valence-corrected chi connectivity index (χ1v) is 4.31. The monoisotopic (exact) mass is 232 g/mol. The van der Waals surface area contributed by atoms with Gasteiger partial charge in [0, 0.05) is 43.4 Å². The van der Waals surface area contributed by atoms with Gasteiger partial charge >= 0.3 is 0 Å². The van der Waals surface area contributed by atoms with Crippen molar-refractivity contribution in [2.24, 2.45) is 0 Å². The van der Waals surface area contributed by atoms with E-state index in [0.717, 1.165) is 18.3 Å². The molecule has 1 aromatic heterocycles. The Morgan fingerprint density at radius 1 is 1.62 bits per heavy atom. The average molecular weight is 232 g/mol. The molecule has 0 aliphatic heterocycles. The third-order valence-corrected chi connectivity index (χ3v) is 2.00. The lowest BCUT2D eigenvalue weighted by atomic mass is 10.1. The van der Waals surface area contributed by atoms with E-state index in [1.807, 2.05) is 0 Å². The number of fused-ring (bicyclic) bond motifs is 1. The zero-order chi connectivity index (χ0) is 23.5. The second kappa shape index (κ2) is 4.58. The van der Waals surface area contributed by atoms with Crippen LogP contribution in [0.5, 0.6) is 5.75 Å². The fraction of sp³-hybridized carbons (Fsp3) is 0.385. The van der Waals surface area contributed by atoms with Crippen molar-refractivity contribution in [2.45, 2.75) is 6.37 Å². The molecule has 2 rings (SSSR count). The normalized spacial score (nSPS) is 28.3. The summed E-state index contributed by atoms with van der Waals surface area (Å²) in [5.41, 5.74) is -0.371. The lowest BCUT2D eigenvalue weighted by Crippen LogP contribution is -2.14. The van der Waals surface area contributed by atoms with Gasteiger partial charge in [0.05, 0.1) is 12.5 Å². The van der Waals surface area contributed by atoms with Crippen molar-refractivity contribution in [1.29, 1.82) is 0 Å². The molecule has 0 saturated carbocycles. The van der Waals surface area contributed by atoms with Gasteiger partial charge in [-0.05, 0) is 38.0 Å². The van der Waals surface area contributed by atoms with E-state index in [0.29, 0.717) is 0 Å². The van der Waals surface area contributed by atoms with Crippen LogP contribution in [0.15, 0.2) is 24.4 Å². The van der Waals surface area contributed by atoms with E-state index in [4.69, 9.17) is 23.9 Å². The molecule has 0 spiro atoms. The second-order valence-electron chi connectivity index (χ2n) is 3.00. The summed E-state index contributed by atoms with van der Waals surface area (Å²) in [7, 11) is -2.84. The number of aryl methyl sites for hydroxylation is 1. The number of likely N-dealkylation sites (N-methyl/N-ethyl adjacent to an activating group) is 1. The molecule has 0 aliphatic rings. The third-order valence-electron chi connectivity index (χ3n) is 2.00. The van der Waals surface area contributed by atoms with Gasteiger partial charge in [0.1, 0.15) is 5.75 Å². The maximum Gasteiger partial charge on any atom is 0.120 e. The number of hydrogen-bond donors (Lipinski definition) is 1. The van der Waals surface area contributed by atoms with Crippen molar-refractivity contribution in [3.05, 3.63) is 29.9 Å². The lowest BCUT2D eigenvalue weighted by molar-refractivity contribution is 0.414. The second-order valence-corrected chi connectivity index (χ2v) is 3.00. The summed E-state index contributed by atoms with van der Waals surface area (Å²) in [6, 6.07) is 1.68. The molecule has 0 aliphatic carbocycles. The Morgan fingerprint density at radius 2 is 2.56 bits per heavy atom. The van der Waals surface area contributed by atoms with Gasteiger partial charge < -0.3 is 14.6 Å². The molecule has 1 aromatic carbocycles. The van der Waals surface area contributed by atoms with Crippen LogP contribution < -0.4 is 4.74 Å². The van der Waals surface area contributed by atoms with Crippen LogP contribution in [-0.2, 0) is 6.37 Å². The van der Waals surface area contributed by atoms with Crippen molar-refractivity contribution in [3.8, 4) is 5.75 Å². The molecular weight excluding hydrogens is 200 g/mol. The molecule has 1 N–H and O–H groups in total. The molecule has 0 bridgehead atoms. The van der Waals surface area contributed by atoms with Crippen LogP contribution in [0.3, 0.4) is 0 Å². The van der Waals surface area contributed by atoms with Crippen LogP contribution in [0.4, 0.5) is 0 Å². The molecule has 3 heteroatoms. The van der Waals surface area contributed by atoms with Crippen LogP contribution >= 0.6 is 0 Å². The number of methoxy groups -OCH3 is 1. The molecule has 2 aromatic rings. The molecule has 16 heavy (non-hydrogen) atoms. The number of ether oxygens (including phenoxy) is 1. The average Bonchev–Trinajstić information content (AvgIpc) is 2.85. The van der Waals surface area contributed by atoms with Gasteiger partial charge in [-0.25, -0.2) is 0 Å². The third kappa shape index (κ3) is 2.19. The number of aromatic nitrogens is 1. The summed E-state index contributed by atoms with van der Waals surface area (Å²) in [5, 5.41) is -0.0669. The Balaban J connectivity index is 2.65. The maximum absolute atomic E-state index is 8.27. The molecule has 0 atom stereocenters. The van der Waals surface area contributed by atoms with Crippen LogP contribution in [-0.4, -0.2) is 37.4 Å². The van der Waals surface area contributed by atoms with E-state index in [2.05, 4.69) is 4.98 Å². The van der Waals surface area contributed by atoms with E-state index < -0.39 is 50.4 Å². The highest BCUT2D eigenvalue weighted by Gasteiger charge is 2.04. The van der Waals surface area contributed by atoms with E-state index in [1.54, 1.807) is 0 Å². The highest BCUT2D eigenvalue weighted by Crippen LogP contribution is 2.23. The summed E-state index contributed by atoms with van der Waals surface area (Å²) in [6.07, 6.45) is -2.18. The SMILES string of the molecule is [2H]c1cc2c(C([2H])([2H])C([2H])([2H])N(C([2H])([2H])[2H])C([2H])([2H])[2H])c[nH]c2cc1OC([2H])([2H])[2H]. The van der Waals surface area contributed by atoms with Gasteiger partial charge in [-0.3, -0.25) is 0 Å². The topological polar surface area (TPSA) is 28.3 Å². The maximum atomic E-state index is 8.27. The predicted octanol–water partition coefficient (Wildman–Crippen LogP) is 2.28. The van der Waals surface area contributed by atoms with Crippen molar-refractivity contribution in [2.75, 3.05) is 27.5 Å². The number of benzene rings is 1. The lowest BCUT2D eigenvalue weighted by Gasteiger charge is -2.08. The standard InChI is InChI=1S/C13H18N2O/c1-15(2)7-6-10-9-14-13-8-11(16-3)4-5-12(10)13/h4-5,8-9,14H,6-7H2,1-3H3/i1D3,2D3,3D3,4D,6D2,7D2. The summed E-state index contributed by atoms with van der Waals surface area (Å²) < 4.78 is 111. The quantitative estimate of drug-likeness (QED) is 0.876. The van der Waals surface area contributed by atoms with Gasteiger partial charge in [0.25, 0.3) is 0 Å². The molecule has 3 nitrogen and oxygen atoms in total. The summed E-state index contributed by atoms with van der Waals surface area (Å²) >= 11 is 0. The number of nitrogens with zero attached hydrogens (tertiary/aromatic N) is 1. The van der Waals surface area contributed by atoms with Gasteiger partial charge in [-0.1, -0.05) is 0 Å². The largest absolute Gasteiger partial charge is 0.497 e. The molecule has 0 saturated heterocycles. The molecular formula is C13H18N2O. The molecule has 86 valence electrons. The first-order chi connectivity index (χ1) is 13.2. The van der Waals surface area contributed by atoms with Gasteiger partial charge in [0.2, 0.25) is 0 Å². The molecule has 0 radical (unpaired) electrons. The van der Waals surface area contributed by atoms with Crippen molar-refractivity contribution in [1.82, 2.24) is 9.88 Å². The minimum atomic E-state index is -3.53. The first-order valence-electron chi connectivity index (χ1n) is 11.3. The van der Waals surface area contributed by atoms with E-state index in [9.17, 15) is 0 Å². The number of aromatic amines is 1. The van der Waals surface area contributed by atoms with Gasteiger partial charge in [-0.2, -0.15) is 0 Å². The van der Waals surface area contributed by atoms with E-state index in [-0.39, 0.29) is 16.7 Å². The smallest absolute Gasteiger partial charge is 0.120 e. The van der Waals surface area contributed by atoms with Crippen LogP contribution in [0.2, 0.25) is 0 Å². The first kappa shape index (κ1) is 3.05. The van der Waals surface area contributed by atoms with Crippen LogP contribution in [0, 0.1) is 0 Å². The zero-order valence-corrected chi connectivity index (χ0v) is 8.09. The minimum Gasteiger partial charge on any atom is -0.497 e. The Bertz CT molecular complexity index is 909. The van der Waals surface area contributed by atoms with E-state index in [1.165, 1.54) is 0 Å². The summed E-state index contributed by atoms with van der Waals surface area (Å²) in [4.78, 5) is 2.10. The number of nitrogens with one attached hydrogen (secondary N) is 1. The molecule has 0 fully saturated rings. The highest BCUT2D eigenvalue weighted by molar-refractivity contribution is 5.84. The highest BCUT2D eigenvalue weighted by atomic mass is 16.5. The fourth-order valence-corrected chi connectivity index (χ4v) is 1.32. The number of H-pyrrole nitrogens is 1. The van der Waals surface area contributed by atoms with Crippen LogP contribution in [0.1, 0.15) is 24.8 Å². The Morgan fingerprint density at radius 3 is 3.38 bits per heavy atom. The van der Waals surface area contributed by atoms with E-state index >= 15 is 0 Å². The van der Waals surface area contributed by atoms with Crippen molar-refractivity contribution in [3.63, 3.8) is 0 Å². The van der Waals surface area contributed by atoms with Gasteiger partial charge in [0.15, 0.2) is 0 Å². The van der Waals surface area contributed by atoms with Gasteiger partial charge in [-0.15, -0.1) is 0 Å². The number of hydrogen-bond acceptors (Lipinski definition) is 2. The molecule has 0 unspecified atom stereocenters.